The molecule has 0 bridgehead atoms. The van der Waals surface area contributed by atoms with E-state index in [1.165, 1.54) is 11.1 Å². The van der Waals surface area contributed by atoms with Crippen LogP contribution in [0, 0.1) is 0 Å². The third kappa shape index (κ3) is 7.19. The van der Waals surface area contributed by atoms with Gasteiger partial charge in [0, 0.05) is 51.4 Å². The summed E-state index contributed by atoms with van der Waals surface area (Å²) in [5.74, 6) is 0.678. The van der Waals surface area contributed by atoms with E-state index in [2.05, 4.69) is 52.7 Å². The molecule has 1 amide bonds. The van der Waals surface area contributed by atoms with E-state index >= 15 is 0 Å². The zero-order valence-corrected chi connectivity index (χ0v) is 20.0. The summed E-state index contributed by atoms with van der Waals surface area (Å²) in [7, 11) is 0. The van der Waals surface area contributed by atoms with Crippen LogP contribution < -0.4 is 15.6 Å². The number of piperidine rings is 1. The molecule has 0 saturated carbocycles. The number of nitrogens with zero attached hydrogens (tertiary/aromatic N) is 2. The number of ether oxygens (including phenoxy) is 1. The molecule has 0 unspecified atom stereocenters. The average Bonchev–Trinajstić information content (AvgIpc) is 2.85. The van der Waals surface area contributed by atoms with Gasteiger partial charge in [0.25, 0.3) is 5.56 Å². The Morgan fingerprint density at radius 1 is 1.09 bits per heavy atom. The number of aryl methyl sites for hydroxylation is 2. The molecule has 1 aromatic carbocycles. The van der Waals surface area contributed by atoms with E-state index in [0.717, 1.165) is 57.3 Å². The summed E-state index contributed by atoms with van der Waals surface area (Å²) in [6, 6.07) is 12.4. The standard InChI is InChI=1S/C28H35N3O3/c1-22(32)29-26-12-15-30(16-13-26)20-24-9-7-23(8-10-24)11-17-31-18-14-27(19-28(31)33)34-21-25-5-3-2-4-6-25/h3,5-10,14,18-19,26H,2,4,11-13,15-17,20-21H2,1H3,(H,29,32). The topological polar surface area (TPSA) is 63.6 Å². The third-order valence-electron chi connectivity index (χ3n) is 6.51. The Labute approximate surface area is 201 Å². The van der Waals surface area contributed by atoms with Gasteiger partial charge in [-0.2, -0.15) is 0 Å². The maximum atomic E-state index is 12.5. The quantitative estimate of drug-likeness (QED) is 0.616. The molecule has 4 rings (SSSR count). The van der Waals surface area contributed by atoms with Gasteiger partial charge in [0.1, 0.15) is 12.4 Å². The molecule has 1 aromatic heterocycles. The second-order valence-corrected chi connectivity index (χ2v) is 9.26. The lowest BCUT2D eigenvalue weighted by Gasteiger charge is -2.32. The summed E-state index contributed by atoms with van der Waals surface area (Å²) in [5, 5.41) is 3.03. The zero-order valence-electron chi connectivity index (χ0n) is 20.0. The minimum atomic E-state index is -0.0371. The Kier molecular flexibility index (Phi) is 8.36. The van der Waals surface area contributed by atoms with E-state index in [9.17, 15) is 9.59 Å². The van der Waals surface area contributed by atoms with Crippen molar-refractivity contribution in [3.63, 3.8) is 0 Å². The van der Waals surface area contributed by atoms with Crippen LogP contribution in [0.4, 0.5) is 0 Å². The van der Waals surface area contributed by atoms with Gasteiger partial charge in [-0.05, 0) is 54.9 Å². The van der Waals surface area contributed by atoms with Gasteiger partial charge in [0.05, 0.1) is 0 Å². The van der Waals surface area contributed by atoms with Crippen molar-refractivity contribution in [2.75, 3.05) is 19.7 Å². The van der Waals surface area contributed by atoms with Gasteiger partial charge in [-0.1, -0.05) is 42.5 Å². The number of amides is 1. The van der Waals surface area contributed by atoms with Crippen LogP contribution in [0.2, 0.25) is 0 Å². The first-order valence-electron chi connectivity index (χ1n) is 12.3. The monoisotopic (exact) mass is 461 g/mol. The third-order valence-corrected chi connectivity index (χ3v) is 6.51. The van der Waals surface area contributed by atoms with Crippen LogP contribution in [-0.4, -0.2) is 41.1 Å². The first-order chi connectivity index (χ1) is 16.5. The predicted molar refractivity (Wildman–Crippen MR) is 135 cm³/mol. The number of likely N-dealkylation sites (tertiary alicyclic amines) is 1. The summed E-state index contributed by atoms with van der Waals surface area (Å²) < 4.78 is 7.52. The van der Waals surface area contributed by atoms with Crippen molar-refractivity contribution in [3.8, 4) is 5.75 Å². The van der Waals surface area contributed by atoms with E-state index in [4.69, 9.17) is 4.74 Å². The number of hydrogen-bond acceptors (Lipinski definition) is 4. The van der Waals surface area contributed by atoms with Crippen LogP contribution in [0.15, 0.2) is 71.2 Å². The maximum absolute atomic E-state index is 12.5. The van der Waals surface area contributed by atoms with Crippen molar-refractivity contribution in [1.29, 1.82) is 0 Å². The van der Waals surface area contributed by atoms with Gasteiger partial charge in [-0.3, -0.25) is 14.5 Å². The molecule has 1 saturated heterocycles. The molecule has 2 heterocycles. The second kappa shape index (κ2) is 11.8. The molecular formula is C28H35N3O3. The van der Waals surface area contributed by atoms with Crippen molar-refractivity contribution in [2.24, 2.45) is 0 Å². The fourth-order valence-corrected chi connectivity index (χ4v) is 4.55. The van der Waals surface area contributed by atoms with Gasteiger partial charge >= 0.3 is 0 Å². The summed E-state index contributed by atoms with van der Waals surface area (Å²) in [6.45, 7) is 5.67. The number of rotatable bonds is 9. The Bertz CT molecular complexity index is 1080. The lowest BCUT2D eigenvalue weighted by atomic mass is 10.0. The predicted octanol–water partition coefficient (Wildman–Crippen LogP) is 3.85. The highest BCUT2D eigenvalue weighted by Crippen LogP contribution is 2.16. The normalized spacial score (nSPS) is 16.8. The van der Waals surface area contributed by atoms with Crippen molar-refractivity contribution in [1.82, 2.24) is 14.8 Å². The Hall–Kier alpha value is -3.12. The first-order valence-corrected chi connectivity index (χ1v) is 12.3. The summed E-state index contributed by atoms with van der Waals surface area (Å²) in [5.41, 5.74) is 3.64. The zero-order chi connectivity index (χ0) is 23.8. The highest BCUT2D eigenvalue weighted by atomic mass is 16.5. The van der Waals surface area contributed by atoms with Crippen molar-refractivity contribution >= 4 is 5.91 Å². The van der Waals surface area contributed by atoms with Gasteiger partial charge < -0.3 is 14.6 Å². The second-order valence-electron chi connectivity index (χ2n) is 9.26. The van der Waals surface area contributed by atoms with Gasteiger partial charge in [0.15, 0.2) is 0 Å². The molecule has 1 N–H and O–H groups in total. The molecule has 180 valence electrons. The number of carbonyl (C=O) groups is 1. The highest BCUT2D eigenvalue weighted by Gasteiger charge is 2.19. The van der Waals surface area contributed by atoms with E-state index in [-0.39, 0.29) is 11.5 Å². The molecule has 6 nitrogen and oxygen atoms in total. The van der Waals surface area contributed by atoms with Crippen LogP contribution in [0.1, 0.15) is 43.7 Å². The number of carbonyl (C=O) groups excluding carboxylic acids is 1. The van der Waals surface area contributed by atoms with Crippen molar-refractivity contribution < 1.29 is 9.53 Å². The number of nitrogens with one attached hydrogen (secondary N) is 1. The first kappa shape index (κ1) is 24.0. The molecule has 2 aliphatic rings. The van der Waals surface area contributed by atoms with Crippen LogP contribution in [0.25, 0.3) is 0 Å². The summed E-state index contributed by atoms with van der Waals surface area (Å²) in [6.07, 6.45) is 13.2. The van der Waals surface area contributed by atoms with Crippen molar-refractivity contribution in [2.45, 2.75) is 58.2 Å². The summed E-state index contributed by atoms with van der Waals surface area (Å²) >= 11 is 0. The molecule has 0 atom stereocenters. The number of aromatic nitrogens is 1. The minimum Gasteiger partial charge on any atom is -0.489 e. The minimum absolute atomic E-state index is 0.0371. The molecule has 1 fully saturated rings. The fourth-order valence-electron chi connectivity index (χ4n) is 4.55. The molecule has 0 radical (unpaired) electrons. The number of pyridine rings is 1. The molecule has 1 aliphatic heterocycles. The summed E-state index contributed by atoms with van der Waals surface area (Å²) in [4.78, 5) is 26.2. The lowest BCUT2D eigenvalue weighted by molar-refractivity contribution is -0.119. The van der Waals surface area contributed by atoms with Crippen LogP contribution >= 0.6 is 0 Å². The van der Waals surface area contributed by atoms with Gasteiger partial charge in [-0.15, -0.1) is 0 Å². The Balaban J connectivity index is 1.22. The SMILES string of the molecule is CC(=O)NC1CCN(Cc2ccc(CCn3ccc(OCC4=CCCC=C4)cc3=O)cc2)CC1. The molecule has 6 heteroatoms. The Morgan fingerprint density at radius 3 is 2.53 bits per heavy atom. The van der Waals surface area contributed by atoms with Crippen molar-refractivity contribution in [3.05, 3.63) is 87.9 Å². The van der Waals surface area contributed by atoms with E-state index < -0.39 is 0 Å². The molecular weight excluding hydrogens is 426 g/mol. The van der Waals surface area contributed by atoms with Gasteiger partial charge in [-0.25, -0.2) is 0 Å². The van der Waals surface area contributed by atoms with E-state index in [1.54, 1.807) is 17.6 Å². The number of allylic oxidation sites excluding steroid dienone is 2. The van der Waals surface area contributed by atoms with Crippen LogP contribution in [0.5, 0.6) is 5.75 Å². The molecule has 0 spiro atoms. The van der Waals surface area contributed by atoms with Crippen LogP contribution in [-0.2, 0) is 24.3 Å². The molecule has 34 heavy (non-hydrogen) atoms. The fraction of sp³-hybridized carbons (Fsp3) is 0.429. The van der Waals surface area contributed by atoms with E-state index in [1.807, 2.05) is 12.3 Å². The van der Waals surface area contributed by atoms with Gasteiger partial charge in [0.2, 0.25) is 5.91 Å². The van der Waals surface area contributed by atoms with Crippen LogP contribution in [0.3, 0.4) is 0 Å². The molecule has 1 aliphatic carbocycles. The Morgan fingerprint density at radius 2 is 1.85 bits per heavy atom. The number of hydrogen-bond donors (Lipinski definition) is 1. The van der Waals surface area contributed by atoms with E-state index in [0.29, 0.717) is 24.9 Å². The molecule has 2 aromatic rings. The smallest absolute Gasteiger partial charge is 0.254 e. The number of benzene rings is 1. The lowest BCUT2D eigenvalue weighted by Crippen LogP contribution is -2.43. The maximum Gasteiger partial charge on any atom is 0.254 e. The largest absolute Gasteiger partial charge is 0.489 e. The average molecular weight is 462 g/mol. The highest BCUT2D eigenvalue weighted by molar-refractivity contribution is 5.73.